The van der Waals surface area contributed by atoms with E-state index >= 15 is 0 Å². The highest BCUT2D eigenvalue weighted by atomic mass is 32.2. The zero-order valence-electron chi connectivity index (χ0n) is 17.9. The molecule has 0 amide bonds. The van der Waals surface area contributed by atoms with Crippen molar-refractivity contribution in [2.24, 2.45) is 0 Å². The third-order valence-corrected chi connectivity index (χ3v) is 6.32. The van der Waals surface area contributed by atoms with Crippen LogP contribution in [0.1, 0.15) is 32.8 Å². The van der Waals surface area contributed by atoms with Gasteiger partial charge in [0.15, 0.2) is 0 Å². The summed E-state index contributed by atoms with van der Waals surface area (Å²) in [7, 11) is -4.16. The number of benzene rings is 2. The quantitative estimate of drug-likeness (QED) is 0.653. The number of aliphatic carboxylic acids is 1. The molecule has 0 saturated carbocycles. The molecule has 172 valence electrons. The monoisotopic (exact) mass is 465 g/mol. The number of rotatable bonds is 6. The highest BCUT2D eigenvalue weighted by Crippen LogP contribution is 2.38. The number of hydrogen-bond donors (Lipinski definition) is 1. The van der Waals surface area contributed by atoms with E-state index in [4.69, 9.17) is 14.6 Å². The van der Waals surface area contributed by atoms with Gasteiger partial charge in [-0.05, 0) is 62.7 Å². The Labute approximate surface area is 185 Å². The molecule has 1 aliphatic rings. The number of carboxylic acids is 1. The Morgan fingerprint density at radius 3 is 2.44 bits per heavy atom. The summed E-state index contributed by atoms with van der Waals surface area (Å²) in [5.41, 5.74) is -0.00855. The van der Waals surface area contributed by atoms with Gasteiger partial charge in [0.1, 0.15) is 23.3 Å². The summed E-state index contributed by atoms with van der Waals surface area (Å²) >= 11 is 0. The summed E-state index contributed by atoms with van der Waals surface area (Å²) in [5.74, 6) is -2.04. The minimum Gasteiger partial charge on any atom is -0.486 e. The van der Waals surface area contributed by atoms with Crippen LogP contribution in [0.15, 0.2) is 47.4 Å². The molecule has 0 aliphatic carbocycles. The molecule has 0 bridgehead atoms. The normalized spacial score (nSPS) is 16.1. The van der Waals surface area contributed by atoms with Gasteiger partial charge in [-0.3, -0.25) is 13.9 Å². The first-order valence-electron chi connectivity index (χ1n) is 9.87. The summed E-state index contributed by atoms with van der Waals surface area (Å²) in [5, 5.41) is 9.15. The van der Waals surface area contributed by atoms with Crippen LogP contribution in [0.3, 0.4) is 0 Å². The lowest BCUT2D eigenvalue weighted by Crippen LogP contribution is -2.44. The number of ether oxygens (including phenoxy) is 2. The molecular weight excluding hydrogens is 441 g/mol. The number of halogens is 1. The predicted octanol–water partition coefficient (Wildman–Crippen LogP) is 3.14. The van der Waals surface area contributed by atoms with Crippen molar-refractivity contribution in [1.82, 2.24) is 0 Å². The Bertz CT molecular complexity index is 1120. The van der Waals surface area contributed by atoms with E-state index in [1.54, 1.807) is 26.8 Å². The van der Waals surface area contributed by atoms with Gasteiger partial charge >= 0.3 is 11.9 Å². The van der Waals surface area contributed by atoms with Crippen LogP contribution in [0.2, 0.25) is 0 Å². The van der Waals surface area contributed by atoms with Gasteiger partial charge in [0.05, 0.1) is 30.0 Å². The number of esters is 1. The van der Waals surface area contributed by atoms with Crippen molar-refractivity contribution in [2.75, 3.05) is 10.8 Å². The zero-order valence-corrected chi connectivity index (χ0v) is 18.7. The standard InChI is InChI=1S/C22H24FNO7S/c1-22(2,3)31-21(27)11-14-4-9-19-18(10-14)24(13-16(30-19)12-20(25)26)32(28,29)17-7-5-15(23)6-8-17/h4-10,16H,11-13H2,1-3H3,(H,25,26)/t16-/m0/s1. The first kappa shape index (κ1) is 23.5. The van der Waals surface area contributed by atoms with Gasteiger partial charge in [-0.15, -0.1) is 0 Å². The Kier molecular flexibility index (Phi) is 6.45. The molecule has 0 fully saturated rings. The highest BCUT2D eigenvalue weighted by molar-refractivity contribution is 7.92. The van der Waals surface area contributed by atoms with E-state index in [0.29, 0.717) is 5.56 Å². The minimum absolute atomic E-state index is 0.0897. The summed E-state index contributed by atoms with van der Waals surface area (Å²) in [6, 6.07) is 8.92. The second kappa shape index (κ2) is 8.78. The Hall–Kier alpha value is -3.14. The maximum Gasteiger partial charge on any atom is 0.310 e. The molecule has 32 heavy (non-hydrogen) atoms. The molecule has 1 N–H and O–H groups in total. The zero-order chi connectivity index (χ0) is 23.7. The number of carbonyl (C=O) groups excluding carboxylic acids is 1. The molecule has 8 nitrogen and oxygen atoms in total. The second-order valence-electron chi connectivity index (χ2n) is 8.39. The van der Waals surface area contributed by atoms with Crippen LogP contribution >= 0.6 is 0 Å². The highest BCUT2D eigenvalue weighted by Gasteiger charge is 2.36. The van der Waals surface area contributed by atoms with Crippen molar-refractivity contribution in [1.29, 1.82) is 0 Å². The number of carboxylic acid groups (broad SMARTS) is 1. The van der Waals surface area contributed by atoms with E-state index < -0.39 is 45.9 Å². The van der Waals surface area contributed by atoms with Gasteiger partial charge < -0.3 is 14.6 Å². The minimum atomic E-state index is -4.16. The van der Waals surface area contributed by atoms with Crippen molar-refractivity contribution in [3.63, 3.8) is 0 Å². The molecule has 10 heteroatoms. The van der Waals surface area contributed by atoms with Gasteiger partial charge in [0, 0.05) is 0 Å². The number of anilines is 1. The van der Waals surface area contributed by atoms with Crippen molar-refractivity contribution < 1.29 is 37.0 Å². The topological polar surface area (TPSA) is 110 Å². The molecule has 2 aromatic carbocycles. The van der Waals surface area contributed by atoms with Crippen molar-refractivity contribution in [3.05, 3.63) is 53.8 Å². The average Bonchev–Trinajstić information content (AvgIpc) is 2.66. The summed E-state index contributed by atoms with van der Waals surface area (Å²) in [4.78, 5) is 23.3. The number of carbonyl (C=O) groups is 2. The van der Waals surface area contributed by atoms with E-state index in [9.17, 15) is 22.4 Å². The second-order valence-corrected chi connectivity index (χ2v) is 10.3. The van der Waals surface area contributed by atoms with E-state index in [1.165, 1.54) is 12.1 Å². The number of fused-ring (bicyclic) bond motifs is 1. The lowest BCUT2D eigenvalue weighted by Gasteiger charge is -2.35. The first-order valence-corrected chi connectivity index (χ1v) is 11.3. The van der Waals surface area contributed by atoms with Crippen molar-refractivity contribution in [2.45, 2.75) is 50.2 Å². The molecule has 1 atom stereocenters. The van der Waals surface area contributed by atoms with Gasteiger partial charge in [-0.1, -0.05) is 6.07 Å². The number of sulfonamides is 1. The Morgan fingerprint density at radius 1 is 1.19 bits per heavy atom. The van der Waals surface area contributed by atoms with E-state index in [0.717, 1.165) is 28.6 Å². The van der Waals surface area contributed by atoms with Crippen LogP contribution in [-0.2, 0) is 30.8 Å². The van der Waals surface area contributed by atoms with Crippen molar-refractivity contribution >= 4 is 27.6 Å². The van der Waals surface area contributed by atoms with Crippen LogP contribution in [0.4, 0.5) is 10.1 Å². The molecular formula is C22H24FNO7S. The summed E-state index contributed by atoms with van der Waals surface area (Å²) in [6.45, 7) is 4.97. The maximum absolute atomic E-state index is 13.3. The van der Waals surface area contributed by atoms with Gasteiger partial charge in [0.2, 0.25) is 0 Å². The van der Waals surface area contributed by atoms with E-state index in [-0.39, 0.29) is 29.3 Å². The third-order valence-electron chi connectivity index (χ3n) is 4.53. The van der Waals surface area contributed by atoms with Crippen LogP contribution in [0.5, 0.6) is 5.75 Å². The predicted molar refractivity (Wildman–Crippen MR) is 114 cm³/mol. The lowest BCUT2D eigenvalue weighted by molar-refractivity contribution is -0.154. The molecule has 1 heterocycles. The van der Waals surface area contributed by atoms with Crippen LogP contribution in [0, 0.1) is 5.82 Å². The van der Waals surface area contributed by atoms with Gasteiger partial charge in [0.25, 0.3) is 10.0 Å². The molecule has 1 aliphatic heterocycles. The molecule has 0 aromatic heterocycles. The average molecular weight is 465 g/mol. The smallest absolute Gasteiger partial charge is 0.310 e. The summed E-state index contributed by atoms with van der Waals surface area (Å²) in [6.07, 6.45) is -1.42. The maximum atomic E-state index is 13.3. The van der Waals surface area contributed by atoms with Crippen LogP contribution in [-0.4, -0.2) is 43.7 Å². The van der Waals surface area contributed by atoms with Gasteiger partial charge in [-0.25, -0.2) is 12.8 Å². The molecule has 2 aromatic rings. The fourth-order valence-electron chi connectivity index (χ4n) is 3.27. The van der Waals surface area contributed by atoms with Crippen LogP contribution < -0.4 is 9.04 Å². The third kappa shape index (κ3) is 5.56. The molecule has 3 rings (SSSR count). The first-order chi connectivity index (χ1) is 14.8. The molecule has 0 saturated heterocycles. The molecule has 0 radical (unpaired) electrons. The molecule has 0 unspecified atom stereocenters. The number of nitrogens with zero attached hydrogens (tertiary/aromatic N) is 1. The summed E-state index contributed by atoms with van der Waals surface area (Å²) < 4.78 is 52.0. The SMILES string of the molecule is CC(C)(C)OC(=O)Cc1ccc2c(c1)N(S(=O)(=O)c1ccc(F)cc1)C[C@H](CC(=O)O)O2. The Morgan fingerprint density at radius 2 is 1.84 bits per heavy atom. The fraction of sp³-hybridized carbons (Fsp3) is 0.364. The fourth-order valence-corrected chi connectivity index (χ4v) is 4.77. The van der Waals surface area contributed by atoms with E-state index in [2.05, 4.69) is 0 Å². The number of hydrogen-bond acceptors (Lipinski definition) is 6. The van der Waals surface area contributed by atoms with Crippen LogP contribution in [0.25, 0.3) is 0 Å². The van der Waals surface area contributed by atoms with Crippen molar-refractivity contribution in [3.8, 4) is 5.75 Å². The largest absolute Gasteiger partial charge is 0.486 e. The Balaban J connectivity index is 2.00. The van der Waals surface area contributed by atoms with E-state index in [1.807, 2.05) is 0 Å². The van der Waals surface area contributed by atoms with Gasteiger partial charge in [-0.2, -0.15) is 0 Å². The molecule has 0 spiro atoms. The lowest BCUT2D eigenvalue weighted by atomic mass is 10.1.